The number of carbonyl (C=O) groups excluding carboxylic acids is 4. The van der Waals surface area contributed by atoms with Crippen molar-refractivity contribution in [2.45, 2.75) is 92.5 Å². The van der Waals surface area contributed by atoms with Crippen LogP contribution in [0, 0.1) is 0 Å². The van der Waals surface area contributed by atoms with Crippen molar-refractivity contribution in [3.8, 4) is 0 Å². The molecule has 2 saturated heterocycles. The van der Waals surface area contributed by atoms with Crippen LogP contribution < -0.4 is 0 Å². The van der Waals surface area contributed by atoms with Gasteiger partial charge in [0.1, 0.15) is 36.6 Å². The summed E-state index contributed by atoms with van der Waals surface area (Å²) in [7, 11) is 0. The molecule has 0 saturated carbocycles. The van der Waals surface area contributed by atoms with E-state index < -0.39 is 102 Å². The molecule has 73 heavy (non-hydrogen) atoms. The van der Waals surface area contributed by atoms with E-state index in [1.165, 1.54) is 6.92 Å². The first-order chi connectivity index (χ1) is 35.3. The van der Waals surface area contributed by atoms with Crippen molar-refractivity contribution in [2.75, 3.05) is 19.8 Å². The lowest BCUT2D eigenvalue weighted by Crippen LogP contribution is -2.64. The van der Waals surface area contributed by atoms with Crippen molar-refractivity contribution in [3.63, 3.8) is 0 Å². The summed E-state index contributed by atoms with van der Waals surface area (Å²) < 4.78 is 74.7. The van der Waals surface area contributed by atoms with Gasteiger partial charge < -0.3 is 42.6 Å². The van der Waals surface area contributed by atoms with E-state index in [9.17, 15) is 19.2 Å². The predicted octanol–water partition coefficient (Wildman–Crippen LogP) is 9.30. The lowest BCUT2D eigenvalue weighted by Gasteiger charge is -2.46. The van der Waals surface area contributed by atoms with Crippen molar-refractivity contribution < 1.29 is 66.2 Å². The Morgan fingerprint density at radius 3 is 1.25 bits per heavy atom. The Bertz CT molecular complexity index is 2560. The molecule has 9 atom stereocenters. The Balaban J connectivity index is 1.31. The zero-order valence-corrected chi connectivity index (χ0v) is 42.2. The number of hydrogen-bond donors (Lipinski definition) is 0. The number of hydrogen-bond acceptors (Lipinski definition) is 13. The molecule has 0 amide bonds. The number of esters is 4. The molecule has 8 rings (SSSR count). The summed E-state index contributed by atoms with van der Waals surface area (Å²) in [6.45, 7) is 3.07. The van der Waals surface area contributed by atoms with Crippen LogP contribution in [0.3, 0.4) is 0 Å². The number of halogens is 2. The molecule has 2 fully saturated rings. The highest BCUT2D eigenvalue weighted by molar-refractivity contribution is 9.09. The fraction of sp³-hybridized carbons (Fsp3) is 0.310. The van der Waals surface area contributed by atoms with Gasteiger partial charge in [-0.2, -0.15) is 0 Å². The minimum absolute atomic E-state index is 0.199. The Morgan fingerprint density at radius 2 is 0.877 bits per heavy atom. The Morgan fingerprint density at radius 1 is 0.507 bits per heavy atom. The molecule has 2 aliphatic rings. The van der Waals surface area contributed by atoms with Gasteiger partial charge in [0, 0.05) is 27.7 Å². The molecule has 0 aliphatic carbocycles. The number of ether oxygens (including phenoxy) is 9. The van der Waals surface area contributed by atoms with Crippen LogP contribution >= 0.6 is 15.9 Å². The Kier molecular flexibility index (Phi) is 17.0. The first-order valence-electron chi connectivity index (χ1n) is 23.8. The third kappa shape index (κ3) is 11.5. The maximum absolute atomic E-state index is 16.7. The molecule has 2 aliphatic heterocycles. The smallest absolute Gasteiger partial charge is 0.303 e. The summed E-state index contributed by atoms with van der Waals surface area (Å²) in [4.78, 5) is 50.4. The SMILES string of the molecule is CC(=O)OC[C@H]1OC(O[C@]2(COC(c3ccccc3)(c3ccccc3)c3ccccc3)O[C@H](COC(c3ccccc3)(c3ccccc3)c3ccccc3)[C@@H](Br)[C@@H]2OC(C)=O)[C@H](OC(C)=O)[C@@H](OC(C)=O)[C@H]1F. The van der Waals surface area contributed by atoms with Crippen molar-refractivity contribution in [3.05, 3.63) is 215 Å². The summed E-state index contributed by atoms with van der Waals surface area (Å²) in [6.07, 6.45) is -11.9. The summed E-state index contributed by atoms with van der Waals surface area (Å²) in [5.74, 6) is -5.60. The lowest BCUT2D eigenvalue weighted by atomic mass is 9.80. The van der Waals surface area contributed by atoms with Crippen LogP contribution in [0.25, 0.3) is 0 Å². The van der Waals surface area contributed by atoms with Gasteiger partial charge in [-0.05, 0) is 33.4 Å². The standard InChI is InChI=1S/C58H56BrFO13/c1-38(61)65-35-49-51(60)52(68-39(2)62)53(69-40(3)63)55(71-49)73-56(37-67-58(45-29-17-8-18-30-45,46-31-19-9-20-32-46)47-33-21-10-22-34-47)54(70-41(4)64)50(59)48(72-56)36-66-57(42-23-11-5-12-24-42,43-25-13-6-14-26-43)44-27-15-7-16-28-44/h5-34,48-55H,35-37H2,1-4H3/t48-,49-,50-,51+,52+,53-,54+,55?,56+/m1/s1. The second-order valence-electron chi connectivity index (χ2n) is 17.7. The van der Waals surface area contributed by atoms with Gasteiger partial charge in [-0.15, -0.1) is 0 Å². The molecule has 1 unspecified atom stereocenters. The summed E-state index contributed by atoms with van der Waals surface area (Å²) in [5.41, 5.74) is 1.81. The van der Waals surface area contributed by atoms with Gasteiger partial charge in [0.25, 0.3) is 0 Å². The van der Waals surface area contributed by atoms with Crippen LogP contribution in [-0.2, 0) is 73.0 Å². The highest BCUT2D eigenvalue weighted by Crippen LogP contribution is 2.48. The van der Waals surface area contributed by atoms with E-state index in [-0.39, 0.29) is 6.61 Å². The fourth-order valence-corrected chi connectivity index (χ4v) is 10.4. The van der Waals surface area contributed by atoms with Gasteiger partial charge in [0.05, 0.1) is 11.4 Å². The van der Waals surface area contributed by atoms with Gasteiger partial charge >= 0.3 is 23.9 Å². The van der Waals surface area contributed by atoms with E-state index >= 15 is 4.39 Å². The lowest BCUT2D eigenvalue weighted by molar-refractivity contribution is -0.385. The van der Waals surface area contributed by atoms with Crippen LogP contribution in [0.15, 0.2) is 182 Å². The minimum Gasteiger partial charge on any atom is -0.463 e. The van der Waals surface area contributed by atoms with E-state index in [4.69, 9.17) is 42.6 Å². The monoisotopic (exact) mass is 1060 g/mol. The van der Waals surface area contributed by atoms with Gasteiger partial charge in [-0.3, -0.25) is 19.2 Å². The van der Waals surface area contributed by atoms with Gasteiger partial charge in [-0.25, -0.2) is 4.39 Å². The minimum atomic E-state index is -2.29. The second kappa shape index (κ2) is 23.5. The zero-order chi connectivity index (χ0) is 51.6. The van der Waals surface area contributed by atoms with Crippen molar-refractivity contribution in [1.29, 1.82) is 0 Å². The maximum Gasteiger partial charge on any atom is 0.303 e. The van der Waals surface area contributed by atoms with Gasteiger partial charge in [0.2, 0.25) is 12.1 Å². The average Bonchev–Trinajstić information content (AvgIpc) is 3.65. The molecule has 0 bridgehead atoms. The molecule has 0 aromatic heterocycles. The highest BCUT2D eigenvalue weighted by atomic mass is 79.9. The van der Waals surface area contributed by atoms with Crippen LogP contribution in [0.2, 0.25) is 0 Å². The van der Waals surface area contributed by atoms with Crippen LogP contribution in [0.5, 0.6) is 0 Å². The number of alkyl halides is 2. The Hall–Kier alpha value is -6.59. The quantitative estimate of drug-likeness (QED) is 0.0328. The Labute approximate surface area is 431 Å². The number of carbonyl (C=O) groups is 4. The predicted molar refractivity (Wildman–Crippen MR) is 269 cm³/mol. The second-order valence-corrected chi connectivity index (χ2v) is 18.7. The molecule has 2 heterocycles. The summed E-state index contributed by atoms with van der Waals surface area (Å²) in [5, 5.41) is 0. The molecule has 15 heteroatoms. The van der Waals surface area contributed by atoms with E-state index in [0.717, 1.165) is 37.5 Å². The third-order valence-corrected chi connectivity index (χ3v) is 13.8. The molecule has 0 radical (unpaired) electrons. The van der Waals surface area contributed by atoms with Crippen molar-refractivity contribution in [1.82, 2.24) is 0 Å². The maximum atomic E-state index is 16.7. The van der Waals surface area contributed by atoms with Crippen LogP contribution in [0.1, 0.15) is 61.1 Å². The van der Waals surface area contributed by atoms with Crippen LogP contribution in [0.4, 0.5) is 4.39 Å². The molecular formula is C58H56BrFO13. The van der Waals surface area contributed by atoms with E-state index in [2.05, 4.69) is 15.9 Å². The largest absolute Gasteiger partial charge is 0.463 e. The normalized spacial score (nSPS) is 24.0. The van der Waals surface area contributed by atoms with Gasteiger partial charge in [0.15, 0.2) is 24.5 Å². The number of rotatable bonds is 19. The molecule has 380 valence electrons. The van der Waals surface area contributed by atoms with E-state index in [0.29, 0.717) is 16.7 Å². The van der Waals surface area contributed by atoms with E-state index in [1.807, 2.05) is 182 Å². The highest BCUT2D eigenvalue weighted by Gasteiger charge is 2.63. The topological polar surface area (TPSA) is 151 Å². The molecule has 0 spiro atoms. The zero-order valence-electron chi connectivity index (χ0n) is 40.6. The van der Waals surface area contributed by atoms with E-state index in [1.54, 1.807) is 0 Å². The summed E-state index contributed by atoms with van der Waals surface area (Å²) in [6, 6.07) is 57.5. The average molecular weight is 1060 g/mol. The van der Waals surface area contributed by atoms with Crippen molar-refractivity contribution in [2.24, 2.45) is 0 Å². The summed E-state index contributed by atoms with van der Waals surface area (Å²) >= 11 is 3.86. The first kappa shape index (κ1) is 52.7. The molecular weight excluding hydrogens is 1000 g/mol. The molecule has 6 aromatic carbocycles. The van der Waals surface area contributed by atoms with Crippen LogP contribution in [-0.4, -0.2) is 97.3 Å². The first-order valence-corrected chi connectivity index (χ1v) is 24.7. The number of benzene rings is 6. The third-order valence-electron chi connectivity index (χ3n) is 12.7. The van der Waals surface area contributed by atoms with Crippen molar-refractivity contribution >= 4 is 39.8 Å². The molecule has 6 aromatic rings. The van der Waals surface area contributed by atoms with Gasteiger partial charge in [-0.1, -0.05) is 198 Å². The molecule has 0 N–H and O–H groups in total. The molecule has 13 nitrogen and oxygen atoms in total. The fourth-order valence-electron chi connectivity index (χ4n) is 9.62.